The van der Waals surface area contributed by atoms with Gasteiger partial charge < -0.3 is 14.8 Å². The number of nitriles is 1. The van der Waals surface area contributed by atoms with Crippen LogP contribution in [0.15, 0.2) is 42.0 Å². The van der Waals surface area contributed by atoms with E-state index in [2.05, 4.69) is 26.1 Å². The lowest BCUT2D eigenvalue weighted by molar-refractivity contribution is -0.112. The summed E-state index contributed by atoms with van der Waals surface area (Å²) in [6.07, 6.45) is 6.08. The molecule has 32 heavy (non-hydrogen) atoms. The monoisotopic (exact) mass is 434 g/mol. The van der Waals surface area contributed by atoms with Crippen LogP contribution in [0.2, 0.25) is 0 Å². The predicted molar refractivity (Wildman–Crippen MR) is 130 cm³/mol. The fourth-order valence-electron chi connectivity index (χ4n) is 3.44. The van der Waals surface area contributed by atoms with Gasteiger partial charge in [-0.05, 0) is 54.2 Å². The molecular weight excluding hydrogens is 400 g/mol. The van der Waals surface area contributed by atoms with Crippen LogP contribution in [0.1, 0.15) is 69.1 Å². The summed E-state index contributed by atoms with van der Waals surface area (Å²) in [5.74, 6) is 1.05. The van der Waals surface area contributed by atoms with Gasteiger partial charge in [0.25, 0.3) is 5.91 Å². The van der Waals surface area contributed by atoms with E-state index in [1.807, 2.05) is 43.3 Å². The second-order valence-electron chi connectivity index (χ2n) is 8.14. The zero-order valence-electron chi connectivity index (χ0n) is 19.8. The molecule has 0 aliphatic rings. The molecule has 0 heterocycles. The summed E-state index contributed by atoms with van der Waals surface area (Å²) in [5.41, 5.74) is 3.48. The molecule has 0 aromatic heterocycles. The van der Waals surface area contributed by atoms with Gasteiger partial charge in [-0.15, -0.1) is 0 Å². The van der Waals surface area contributed by atoms with Gasteiger partial charge in [0.05, 0.1) is 13.7 Å². The van der Waals surface area contributed by atoms with E-state index in [1.165, 1.54) is 12.8 Å². The van der Waals surface area contributed by atoms with Gasteiger partial charge in [0.2, 0.25) is 0 Å². The number of aryl methyl sites for hydroxylation is 1. The number of benzene rings is 2. The molecule has 2 aromatic rings. The van der Waals surface area contributed by atoms with Crippen molar-refractivity contribution in [3.63, 3.8) is 0 Å². The van der Waals surface area contributed by atoms with Crippen LogP contribution in [0.4, 0.5) is 5.69 Å². The number of rotatable bonds is 11. The Balaban J connectivity index is 2.19. The predicted octanol–water partition coefficient (Wildman–Crippen LogP) is 6.63. The highest BCUT2D eigenvalue weighted by Gasteiger charge is 2.15. The highest BCUT2D eigenvalue weighted by atomic mass is 16.5. The Bertz CT molecular complexity index is 987. The van der Waals surface area contributed by atoms with Gasteiger partial charge in [-0.1, -0.05) is 64.3 Å². The Kier molecular flexibility index (Phi) is 9.81. The maximum atomic E-state index is 12.9. The molecule has 0 radical (unpaired) electrons. The molecule has 1 N–H and O–H groups in total. The minimum absolute atomic E-state index is 0.0262. The molecule has 0 bridgehead atoms. The Labute approximate surface area is 192 Å². The van der Waals surface area contributed by atoms with Crippen LogP contribution in [0, 0.1) is 18.3 Å². The van der Waals surface area contributed by atoms with E-state index in [0.29, 0.717) is 23.7 Å². The van der Waals surface area contributed by atoms with Gasteiger partial charge in [-0.2, -0.15) is 5.26 Å². The summed E-state index contributed by atoms with van der Waals surface area (Å²) in [5, 5.41) is 12.5. The van der Waals surface area contributed by atoms with Crippen LogP contribution < -0.4 is 14.8 Å². The van der Waals surface area contributed by atoms with Crippen molar-refractivity contribution in [2.45, 2.75) is 59.3 Å². The van der Waals surface area contributed by atoms with Gasteiger partial charge in [-0.3, -0.25) is 4.79 Å². The first kappa shape index (κ1) is 25.0. The molecule has 0 saturated heterocycles. The van der Waals surface area contributed by atoms with Crippen molar-refractivity contribution in [3.05, 3.63) is 58.7 Å². The third-order valence-electron chi connectivity index (χ3n) is 5.28. The van der Waals surface area contributed by atoms with Crippen molar-refractivity contribution >= 4 is 17.7 Å². The molecule has 0 atom stereocenters. The highest BCUT2D eigenvalue weighted by molar-refractivity contribution is 6.10. The van der Waals surface area contributed by atoms with Crippen molar-refractivity contribution in [2.24, 2.45) is 0 Å². The molecule has 170 valence electrons. The Morgan fingerprint density at radius 3 is 2.59 bits per heavy atom. The van der Waals surface area contributed by atoms with Crippen molar-refractivity contribution in [3.8, 4) is 17.6 Å². The number of ether oxygens (including phenoxy) is 2. The second kappa shape index (κ2) is 12.6. The highest BCUT2D eigenvalue weighted by Crippen LogP contribution is 2.30. The molecule has 2 rings (SSSR count). The van der Waals surface area contributed by atoms with E-state index in [0.717, 1.165) is 29.7 Å². The van der Waals surface area contributed by atoms with Gasteiger partial charge in [0, 0.05) is 5.69 Å². The molecule has 0 aliphatic heterocycles. The SMILES string of the molecule is CCCCCCOc1ccc(C=C(C#N)C(=O)Nc2c(C)cccc2C(C)C)cc1OC. The molecule has 0 unspecified atom stereocenters. The fourth-order valence-corrected chi connectivity index (χ4v) is 3.44. The topological polar surface area (TPSA) is 71.3 Å². The Morgan fingerprint density at radius 2 is 1.94 bits per heavy atom. The number of methoxy groups -OCH3 is 1. The van der Waals surface area contributed by atoms with Crippen molar-refractivity contribution in [1.29, 1.82) is 5.26 Å². The molecule has 0 saturated carbocycles. The first-order valence-electron chi connectivity index (χ1n) is 11.2. The smallest absolute Gasteiger partial charge is 0.266 e. The maximum Gasteiger partial charge on any atom is 0.266 e. The zero-order valence-corrected chi connectivity index (χ0v) is 19.8. The zero-order chi connectivity index (χ0) is 23.5. The number of anilines is 1. The maximum absolute atomic E-state index is 12.9. The molecule has 0 spiro atoms. The quantitative estimate of drug-likeness (QED) is 0.245. The molecule has 1 amide bonds. The van der Waals surface area contributed by atoms with Crippen LogP contribution in [0.25, 0.3) is 6.08 Å². The molecule has 5 nitrogen and oxygen atoms in total. The largest absolute Gasteiger partial charge is 0.493 e. The lowest BCUT2D eigenvalue weighted by atomic mass is 9.98. The standard InChI is InChI=1S/C27H34N2O3/c1-6-7-8-9-15-32-24-14-13-21(17-25(24)31-5)16-22(18-28)27(30)29-26-20(4)11-10-12-23(26)19(2)3/h10-14,16-17,19H,6-9,15H2,1-5H3,(H,29,30). The van der Waals surface area contributed by atoms with E-state index < -0.39 is 5.91 Å². The molecular formula is C27H34N2O3. The van der Waals surface area contributed by atoms with Crippen molar-refractivity contribution in [1.82, 2.24) is 0 Å². The number of nitrogens with zero attached hydrogens (tertiary/aromatic N) is 1. The van der Waals surface area contributed by atoms with Crippen LogP contribution >= 0.6 is 0 Å². The molecule has 0 fully saturated rings. The third-order valence-corrected chi connectivity index (χ3v) is 5.28. The summed E-state index contributed by atoms with van der Waals surface area (Å²) in [6.45, 7) is 8.90. The summed E-state index contributed by atoms with van der Waals surface area (Å²) >= 11 is 0. The summed E-state index contributed by atoms with van der Waals surface area (Å²) in [6, 6.07) is 13.4. The lowest BCUT2D eigenvalue weighted by Gasteiger charge is -2.16. The normalized spacial score (nSPS) is 11.2. The van der Waals surface area contributed by atoms with E-state index in [9.17, 15) is 10.1 Å². The average molecular weight is 435 g/mol. The number of unbranched alkanes of at least 4 members (excludes halogenated alkanes) is 3. The number of carbonyl (C=O) groups excluding carboxylic acids is 1. The number of hydrogen-bond acceptors (Lipinski definition) is 4. The summed E-state index contributed by atoms with van der Waals surface area (Å²) in [4.78, 5) is 12.9. The minimum atomic E-state index is -0.432. The molecule has 5 heteroatoms. The van der Waals surface area contributed by atoms with Crippen LogP contribution in [0.5, 0.6) is 11.5 Å². The second-order valence-corrected chi connectivity index (χ2v) is 8.14. The first-order valence-corrected chi connectivity index (χ1v) is 11.2. The minimum Gasteiger partial charge on any atom is -0.493 e. The summed E-state index contributed by atoms with van der Waals surface area (Å²) < 4.78 is 11.3. The van der Waals surface area contributed by atoms with Crippen LogP contribution in [0.3, 0.4) is 0 Å². The average Bonchev–Trinajstić information content (AvgIpc) is 2.78. The number of amides is 1. The number of nitrogens with one attached hydrogen (secondary N) is 1. The number of hydrogen-bond donors (Lipinski definition) is 1. The van der Waals surface area contributed by atoms with Crippen LogP contribution in [-0.4, -0.2) is 19.6 Å². The van der Waals surface area contributed by atoms with E-state index in [1.54, 1.807) is 19.3 Å². The van der Waals surface area contributed by atoms with Gasteiger partial charge in [-0.25, -0.2) is 0 Å². The van der Waals surface area contributed by atoms with Crippen molar-refractivity contribution in [2.75, 3.05) is 19.0 Å². The van der Waals surface area contributed by atoms with Gasteiger partial charge in [0.1, 0.15) is 11.6 Å². The van der Waals surface area contributed by atoms with Crippen LogP contribution in [-0.2, 0) is 4.79 Å². The van der Waals surface area contributed by atoms with E-state index in [-0.39, 0.29) is 11.5 Å². The van der Waals surface area contributed by atoms with E-state index in [4.69, 9.17) is 9.47 Å². The number of para-hydroxylation sites is 1. The van der Waals surface area contributed by atoms with Crippen molar-refractivity contribution < 1.29 is 14.3 Å². The first-order chi connectivity index (χ1) is 15.4. The third kappa shape index (κ3) is 6.88. The van der Waals surface area contributed by atoms with Gasteiger partial charge >= 0.3 is 0 Å². The summed E-state index contributed by atoms with van der Waals surface area (Å²) in [7, 11) is 1.58. The Morgan fingerprint density at radius 1 is 1.16 bits per heavy atom. The van der Waals surface area contributed by atoms with E-state index >= 15 is 0 Å². The lowest BCUT2D eigenvalue weighted by Crippen LogP contribution is -2.16. The molecule has 2 aromatic carbocycles. The fraction of sp³-hybridized carbons (Fsp3) is 0.407. The Hall–Kier alpha value is -3.26. The van der Waals surface area contributed by atoms with Gasteiger partial charge in [0.15, 0.2) is 11.5 Å². The number of carbonyl (C=O) groups is 1. The molecule has 0 aliphatic carbocycles.